The van der Waals surface area contributed by atoms with Gasteiger partial charge in [-0.1, -0.05) is 0 Å². The lowest BCUT2D eigenvalue weighted by Gasteiger charge is -1.73. The number of carboxylic acids is 1. The second-order valence-electron chi connectivity index (χ2n) is 1.10. The van der Waals surface area contributed by atoms with Crippen molar-refractivity contribution in [2.24, 2.45) is 0 Å². The molecule has 0 aromatic rings. The van der Waals surface area contributed by atoms with Crippen molar-refractivity contribution in [3.05, 3.63) is 0 Å². The smallest absolute Gasteiger partial charge is 0.430 e. The molecule has 0 aromatic heterocycles. The SMILES string of the molecule is O=C(O)C[S+]=S(=O)(O)O. The fraction of sp³-hybridized carbons (Fsp3) is 0.500. The maximum atomic E-state index is 9.90. The number of hydrogen-bond donors (Lipinski definition) is 3. The van der Waals surface area contributed by atoms with Gasteiger partial charge in [-0.3, -0.25) is 9.11 Å². The molecule has 7 heteroatoms. The zero-order valence-corrected chi connectivity index (χ0v) is 5.81. The molecule has 0 saturated heterocycles. The van der Waals surface area contributed by atoms with Gasteiger partial charge in [-0.05, 0) is 0 Å². The third kappa shape index (κ3) is 7.76. The first-order valence-electron chi connectivity index (χ1n) is 1.77. The van der Waals surface area contributed by atoms with Gasteiger partial charge in [-0.25, -0.2) is 4.79 Å². The lowest BCUT2D eigenvalue weighted by Crippen LogP contribution is -2.05. The van der Waals surface area contributed by atoms with Gasteiger partial charge in [0.15, 0.2) is 0 Å². The van der Waals surface area contributed by atoms with Crippen LogP contribution in [0.2, 0.25) is 0 Å². The van der Waals surface area contributed by atoms with Crippen molar-refractivity contribution in [1.82, 2.24) is 0 Å². The molecule has 0 amide bonds. The third-order valence-electron chi connectivity index (χ3n) is 0.336. The van der Waals surface area contributed by atoms with Crippen molar-refractivity contribution < 1.29 is 23.2 Å². The van der Waals surface area contributed by atoms with Crippen LogP contribution in [0.15, 0.2) is 0 Å². The van der Waals surface area contributed by atoms with E-state index in [0.717, 1.165) is 0 Å². The number of carbonyl (C=O) groups is 1. The fourth-order valence-corrected chi connectivity index (χ4v) is 1.14. The van der Waals surface area contributed by atoms with Gasteiger partial charge in [0.25, 0.3) is 5.75 Å². The number of carboxylic acid groups (broad SMARTS) is 1. The van der Waals surface area contributed by atoms with Gasteiger partial charge in [0.05, 0.1) is 0 Å². The van der Waals surface area contributed by atoms with Crippen molar-refractivity contribution in [3.8, 4) is 0 Å². The topological polar surface area (TPSA) is 94.8 Å². The first kappa shape index (κ1) is 8.76. The van der Waals surface area contributed by atoms with Crippen molar-refractivity contribution in [2.75, 3.05) is 5.75 Å². The van der Waals surface area contributed by atoms with E-state index in [0.29, 0.717) is 0 Å². The van der Waals surface area contributed by atoms with Crippen LogP contribution in [0.25, 0.3) is 0 Å². The Labute approximate surface area is 55.0 Å². The monoisotopic (exact) mass is 173 g/mol. The van der Waals surface area contributed by atoms with E-state index in [-0.39, 0.29) is 10.3 Å². The fourth-order valence-electron chi connectivity index (χ4n) is 0.127. The standard InChI is InChI=1S/C2H4O5S2/c3-2(4)1-8-9(5,6)7/h1H2,(H2-,3,4,5,6,7)/p+1. The summed E-state index contributed by atoms with van der Waals surface area (Å²) in [5.41, 5.74) is 0. The van der Waals surface area contributed by atoms with E-state index in [9.17, 15) is 9.00 Å². The summed E-state index contributed by atoms with van der Waals surface area (Å²) < 4.78 is 26.0. The van der Waals surface area contributed by atoms with E-state index in [1.54, 1.807) is 0 Å². The maximum Gasteiger partial charge on any atom is 0.430 e. The molecule has 0 radical (unpaired) electrons. The van der Waals surface area contributed by atoms with E-state index in [1.165, 1.54) is 0 Å². The minimum atomic E-state index is -3.93. The van der Waals surface area contributed by atoms with Gasteiger partial charge in [0.1, 0.15) is 0 Å². The minimum absolute atomic E-state index is 0.0810. The largest absolute Gasteiger partial charge is 0.477 e. The third-order valence-corrected chi connectivity index (χ3v) is 2.28. The van der Waals surface area contributed by atoms with Crippen LogP contribution in [0.3, 0.4) is 0 Å². The van der Waals surface area contributed by atoms with Crippen molar-refractivity contribution in [3.63, 3.8) is 0 Å². The predicted molar refractivity (Wildman–Crippen MR) is 33.3 cm³/mol. The van der Waals surface area contributed by atoms with Crippen molar-refractivity contribution in [2.45, 2.75) is 0 Å². The Balaban J connectivity index is 4.03. The highest BCUT2D eigenvalue weighted by Gasteiger charge is 2.13. The highest BCUT2D eigenvalue weighted by atomic mass is 32.9. The molecular weight excluding hydrogens is 168 g/mol. The van der Waals surface area contributed by atoms with Crippen LogP contribution in [0.1, 0.15) is 0 Å². The lowest BCUT2D eigenvalue weighted by molar-refractivity contribution is -0.133. The van der Waals surface area contributed by atoms with Crippen LogP contribution in [-0.2, 0) is 24.2 Å². The lowest BCUT2D eigenvalue weighted by atomic mass is 10.8. The highest BCUT2D eigenvalue weighted by molar-refractivity contribution is 8.34. The second-order valence-corrected chi connectivity index (χ2v) is 4.53. The summed E-state index contributed by atoms with van der Waals surface area (Å²) >= 11 is 0. The molecule has 0 rings (SSSR count). The molecule has 0 atom stereocenters. The maximum absolute atomic E-state index is 9.90. The molecule has 0 aromatic carbocycles. The number of hydrogen-bond acceptors (Lipinski definition) is 2. The zero-order chi connectivity index (χ0) is 7.49. The van der Waals surface area contributed by atoms with Crippen LogP contribution in [0.4, 0.5) is 0 Å². The summed E-state index contributed by atoms with van der Waals surface area (Å²) in [6, 6.07) is 0. The molecule has 0 aliphatic rings. The summed E-state index contributed by atoms with van der Waals surface area (Å²) in [4.78, 5) is 9.68. The van der Waals surface area contributed by atoms with Gasteiger partial charge < -0.3 is 5.11 Å². The first-order valence-corrected chi connectivity index (χ1v) is 4.74. The molecule has 0 fully saturated rings. The molecule has 0 saturated carbocycles. The highest BCUT2D eigenvalue weighted by Crippen LogP contribution is 1.76. The molecule has 0 heterocycles. The van der Waals surface area contributed by atoms with Crippen LogP contribution in [0.5, 0.6) is 0 Å². The van der Waals surface area contributed by atoms with Gasteiger partial charge in [0, 0.05) is 0 Å². The quantitative estimate of drug-likeness (QED) is 0.480. The normalized spacial score (nSPS) is 10.9. The van der Waals surface area contributed by atoms with Gasteiger partial charge in [-0.15, -0.1) is 0 Å². The summed E-state index contributed by atoms with van der Waals surface area (Å²) in [6.07, 6.45) is 0. The van der Waals surface area contributed by atoms with E-state index in [2.05, 4.69) is 0 Å². The molecule has 5 nitrogen and oxygen atoms in total. The molecule has 0 aliphatic carbocycles. The molecule has 54 valence electrons. The van der Waals surface area contributed by atoms with E-state index in [1.807, 2.05) is 0 Å². The number of rotatable bonds is 2. The Morgan fingerprint density at radius 1 is 1.56 bits per heavy atom. The predicted octanol–water partition coefficient (Wildman–Crippen LogP) is -0.701. The molecule has 0 aliphatic heterocycles. The minimum Gasteiger partial charge on any atom is -0.477 e. The molecule has 9 heavy (non-hydrogen) atoms. The van der Waals surface area contributed by atoms with Crippen LogP contribution < -0.4 is 0 Å². The summed E-state index contributed by atoms with van der Waals surface area (Å²) in [7, 11) is -3.85. The first-order chi connectivity index (χ1) is 3.92. The molecular formula is C2H5O5S2+. The Hall–Kier alpha value is -0.240. The Morgan fingerprint density at radius 3 is 2.11 bits per heavy atom. The molecule has 0 spiro atoms. The van der Waals surface area contributed by atoms with Crippen molar-refractivity contribution in [1.29, 1.82) is 0 Å². The molecule has 0 unspecified atom stereocenters. The van der Waals surface area contributed by atoms with Gasteiger partial charge in [-0.2, -0.15) is 4.21 Å². The van der Waals surface area contributed by atoms with Crippen LogP contribution in [-0.4, -0.2) is 30.1 Å². The van der Waals surface area contributed by atoms with E-state index < -0.39 is 20.8 Å². The van der Waals surface area contributed by atoms with Crippen LogP contribution in [0, 0.1) is 0 Å². The second kappa shape index (κ2) is 3.06. The average Bonchev–Trinajstić information content (AvgIpc) is 1.59. The summed E-state index contributed by atoms with van der Waals surface area (Å²) in [5.74, 6) is -1.82. The van der Waals surface area contributed by atoms with Crippen LogP contribution >= 0.6 is 0 Å². The van der Waals surface area contributed by atoms with Gasteiger partial charge in [0.2, 0.25) is 0 Å². The van der Waals surface area contributed by atoms with E-state index in [4.69, 9.17) is 14.2 Å². The molecule has 3 N–H and O–H groups in total. The van der Waals surface area contributed by atoms with E-state index >= 15 is 0 Å². The molecule has 0 bridgehead atoms. The average molecular weight is 173 g/mol. The van der Waals surface area contributed by atoms with Gasteiger partial charge >= 0.3 is 25.3 Å². The zero-order valence-electron chi connectivity index (χ0n) is 4.18. The Bertz CT molecular complexity index is 203. The Kier molecular flexibility index (Phi) is 2.98. The summed E-state index contributed by atoms with van der Waals surface area (Å²) in [5, 5.41) is 7.91. The Morgan fingerprint density at radius 2 is 2.00 bits per heavy atom. The number of aliphatic carboxylic acids is 1. The van der Waals surface area contributed by atoms with Crippen molar-refractivity contribution >= 4 is 25.3 Å². The summed E-state index contributed by atoms with van der Waals surface area (Å²) in [6.45, 7) is 0.